The molecule has 1 heterocycles. The monoisotopic (exact) mass is 323 g/mol. The highest BCUT2D eigenvalue weighted by molar-refractivity contribution is 7.99. The summed E-state index contributed by atoms with van der Waals surface area (Å²) in [6.07, 6.45) is 2.69. The number of ether oxygens (including phenoxy) is 1. The summed E-state index contributed by atoms with van der Waals surface area (Å²) in [6.45, 7) is 0.559. The topological polar surface area (TPSA) is 66.8 Å². The number of carbonyl (C=O) groups excluding carboxylic acids is 1. The van der Waals surface area contributed by atoms with Gasteiger partial charge in [-0.3, -0.25) is 4.79 Å². The van der Waals surface area contributed by atoms with Crippen molar-refractivity contribution in [1.82, 2.24) is 4.90 Å². The van der Waals surface area contributed by atoms with E-state index in [0.29, 0.717) is 25.1 Å². The predicted molar refractivity (Wildman–Crippen MR) is 85.3 cm³/mol. The van der Waals surface area contributed by atoms with Gasteiger partial charge in [0.2, 0.25) is 5.91 Å². The first-order valence-corrected chi connectivity index (χ1v) is 8.39. The minimum absolute atomic E-state index is 0.0619. The second-order valence-electron chi connectivity index (χ2n) is 5.21. The third-order valence-electron chi connectivity index (χ3n) is 3.75. The lowest BCUT2D eigenvalue weighted by molar-refractivity contribution is -0.151. The zero-order valence-electron chi connectivity index (χ0n) is 12.7. The van der Waals surface area contributed by atoms with Crippen LogP contribution in [-0.4, -0.2) is 47.3 Å². The molecule has 1 saturated heterocycles. The molecule has 120 valence electrons. The Bertz CT molecular complexity index is 517. The number of carboxylic acids is 1. The number of thioether (sulfide) groups is 1. The highest BCUT2D eigenvalue weighted by Crippen LogP contribution is 2.23. The number of benzene rings is 1. The minimum atomic E-state index is -0.893. The summed E-state index contributed by atoms with van der Waals surface area (Å²) in [4.78, 5) is 26.0. The Morgan fingerprint density at radius 3 is 2.68 bits per heavy atom. The van der Waals surface area contributed by atoms with E-state index >= 15 is 0 Å². The van der Waals surface area contributed by atoms with Crippen LogP contribution in [0, 0.1) is 0 Å². The minimum Gasteiger partial charge on any atom is -0.497 e. The van der Waals surface area contributed by atoms with Gasteiger partial charge in [-0.2, -0.15) is 0 Å². The molecule has 1 fully saturated rings. The van der Waals surface area contributed by atoms with Gasteiger partial charge in [0.1, 0.15) is 11.8 Å². The van der Waals surface area contributed by atoms with Crippen molar-refractivity contribution in [3.05, 3.63) is 24.3 Å². The summed E-state index contributed by atoms with van der Waals surface area (Å²) < 4.78 is 5.10. The smallest absolute Gasteiger partial charge is 0.326 e. The number of nitrogens with zero attached hydrogens (tertiary/aromatic N) is 1. The SMILES string of the molecule is COc1ccc(SCCC(=O)N2CCCCC2C(=O)O)cc1. The molecule has 0 radical (unpaired) electrons. The Morgan fingerprint density at radius 2 is 2.05 bits per heavy atom. The molecule has 5 nitrogen and oxygen atoms in total. The van der Waals surface area contributed by atoms with Gasteiger partial charge in [0.05, 0.1) is 7.11 Å². The van der Waals surface area contributed by atoms with E-state index in [1.807, 2.05) is 24.3 Å². The van der Waals surface area contributed by atoms with Crippen LogP contribution in [-0.2, 0) is 9.59 Å². The first-order chi connectivity index (χ1) is 10.6. The van der Waals surface area contributed by atoms with Crippen LogP contribution in [0.1, 0.15) is 25.7 Å². The Balaban J connectivity index is 1.82. The van der Waals surface area contributed by atoms with E-state index in [0.717, 1.165) is 23.5 Å². The molecule has 1 aromatic rings. The molecule has 0 aliphatic carbocycles. The van der Waals surface area contributed by atoms with E-state index in [2.05, 4.69) is 0 Å². The third-order valence-corrected chi connectivity index (χ3v) is 4.77. The molecule has 1 aliphatic heterocycles. The number of hydrogen-bond donors (Lipinski definition) is 1. The van der Waals surface area contributed by atoms with Gasteiger partial charge >= 0.3 is 5.97 Å². The van der Waals surface area contributed by atoms with Crippen LogP contribution in [0.2, 0.25) is 0 Å². The van der Waals surface area contributed by atoms with Crippen molar-refractivity contribution in [1.29, 1.82) is 0 Å². The molecule has 1 atom stereocenters. The maximum Gasteiger partial charge on any atom is 0.326 e. The van der Waals surface area contributed by atoms with Crippen LogP contribution in [0.15, 0.2) is 29.2 Å². The maximum atomic E-state index is 12.2. The average Bonchev–Trinajstić information content (AvgIpc) is 2.55. The van der Waals surface area contributed by atoms with Gasteiger partial charge in [-0.1, -0.05) is 0 Å². The predicted octanol–water partition coefficient (Wildman–Crippen LogP) is 2.64. The van der Waals surface area contributed by atoms with E-state index in [-0.39, 0.29) is 5.91 Å². The lowest BCUT2D eigenvalue weighted by atomic mass is 10.0. The van der Waals surface area contributed by atoms with Gasteiger partial charge in [0.15, 0.2) is 0 Å². The van der Waals surface area contributed by atoms with Crippen LogP contribution in [0.3, 0.4) is 0 Å². The zero-order chi connectivity index (χ0) is 15.9. The van der Waals surface area contributed by atoms with E-state index in [1.165, 1.54) is 4.90 Å². The summed E-state index contributed by atoms with van der Waals surface area (Å²) in [5.41, 5.74) is 0. The standard InChI is InChI=1S/C16H21NO4S/c1-21-12-5-7-13(8-6-12)22-11-9-15(18)17-10-3-2-4-14(17)16(19)20/h5-8,14H,2-4,9-11H2,1H3,(H,19,20). The lowest BCUT2D eigenvalue weighted by Crippen LogP contribution is -2.48. The second-order valence-corrected chi connectivity index (χ2v) is 6.38. The number of rotatable bonds is 6. The van der Waals surface area contributed by atoms with Crippen molar-refractivity contribution in [2.24, 2.45) is 0 Å². The van der Waals surface area contributed by atoms with Gasteiger partial charge in [-0.15, -0.1) is 11.8 Å². The Morgan fingerprint density at radius 1 is 1.32 bits per heavy atom. The molecule has 1 N–H and O–H groups in total. The molecule has 0 spiro atoms. The molecule has 1 aliphatic rings. The van der Waals surface area contributed by atoms with Crippen molar-refractivity contribution in [3.63, 3.8) is 0 Å². The van der Waals surface area contributed by atoms with Crippen molar-refractivity contribution < 1.29 is 19.4 Å². The van der Waals surface area contributed by atoms with Crippen LogP contribution in [0.5, 0.6) is 5.75 Å². The number of likely N-dealkylation sites (tertiary alicyclic amines) is 1. The highest BCUT2D eigenvalue weighted by Gasteiger charge is 2.31. The number of hydrogen-bond acceptors (Lipinski definition) is 4. The molecule has 1 aromatic carbocycles. The third kappa shape index (κ3) is 4.40. The maximum absolute atomic E-state index is 12.2. The molecular formula is C16H21NO4S. The van der Waals surface area contributed by atoms with Gasteiger partial charge < -0.3 is 14.7 Å². The van der Waals surface area contributed by atoms with Gasteiger partial charge in [0.25, 0.3) is 0 Å². The van der Waals surface area contributed by atoms with Crippen molar-refractivity contribution in [3.8, 4) is 5.75 Å². The van der Waals surface area contributed by atoms with Crippen molar-refractivity contribution >= 4 is 23.6 Å². The number of amides is 1. The molecule has 6 heteroatoms. The molecule has 22 heavy (non-hydrogen) atoms. The Hall–Kier alpha value is -1.69. The van der Waals surface area contributed by atoms with Crippen LogP contribution >= 0.6 is 11.8 Å². The normalized spacial score (nSPS) is 18.0. The number of piperidine rings is 1. The Kier molecular flexibility index (Phi) is 6.12. The fourth-order valence-corrected chi connectivity index (χ4v) is 3.40. The fraction of sp³-hybridized carbons (Fsp3) is 0.500. The first kappa shape index (κ1) is 16.7. The van der Waals surface area contributed by atoms with Crippen molar-refractivity contribution in [2.75, 3.05) is 19.4 Å². The van der Waals surface area contributed by atoms with E-state index in [1.54, 1.807) is 18.9 Å². The van der Waals surface area contributed by atoms with E-state index in [4.69, 9.17) is 4.74 Å². The van der Waals surface area contributed by atoms with E-state index in [9.17, 15) is 14.7 Å². The summed E-state index contributed by atoms with van der Waals surface area (Å²) in [6, 6.07) is 7.03. The quantitative estimate of drug-likeness (QED) is 0.815. The molecular weight excluding hydrogens is 302 g/mol. The van der Waals surface area contributed by atoms with Crippen LogP contribution in [0.4, 0.5) is 0 Å². The average molecular weight is 323 g/mol. The Labute approximate surface area is 134 Å². The second kappa shape index (κ2) is 8.08. The zero-order valence-corrected chi connectivity index (χ0v) is 13.5. The number of methoxy groups -OCH3 is 1. The summed E-state index contributed by atoms with van der Waals surface area (Å²) in [5, 5.41) is 9.20. The fourth-order valence-electron chi connectivity index (χ4n) is 2.56. The van der Waals surface area contributed by atoms with Crippen LogP contribution in [0.25, 0.3) is 0 Å². The van der Waals surface area contributed by atoms with Crippen molar-refractivity contribution in [2.45, 2.75) is 36.6 Å². The highest BCUT2D eigenvalue weighted by atomic mass is 32.2. The van der Waals surface area contributed by atoms with Gasteiger partial charge in [0, 0.05) is 23.6 Å². The molecule has 1 amide bonds. The number of carboxylic acid groups (broad SMARTS) is 1. The van der Waals surface area contributed by atoms with Gasteiger partial charge in [-0.25, -0.2) is 4.79 Å². The molecule has 0 aromatic heterocycles. The molecule has 0 bridgehead atoms. The number of aliphatic carboxylic acids is 1. The first-order valence-electron chi connectivity index (χ1n) is 7.41. The van der Waals surface area contributed by atoms with E-state index < -0.39 is 12.0 Å². The molecule has 0 saturated carbocycles. The van der Waals surface area contributed by atoms with Gasteiger partial charge in [-0.05, 0) is 43.5 Å². The summed E-state index contributed by atoms with van der Waals surface area (Å²) >= 11 is 1.59. The number of carbonyl (C=O) groups is 2. The molecule has 2 rings (SSSR count). The summed E-state index contributed by atoms with van der Waals surface area (Å²) in [7, 11) is 1.62. The van der Waals surface area contributed by atoms with Crippen LogP contribution < -0.4 is 4.74 Å². The summed E-state index contributed by atoms with van der Waals surface area (Å²) in [5.74, 6) is 0.496. The largest absolute Gasteiger partial charge is 0.497 e. The molecule has 1 unspecified atom stereocenters. The lowest BCUT2D eigenvalue weighted by Gasteiger charge is -2.33.